The summed E-state index contributed by atoms with van der Waals surface area (Å²) >= 11 is 13.3. The smallest absolute Gasteiger partial charge is 0.278 e. The van der Waals surface area contributed by atoms with Crippen molar-refractivity contribution in [2.75, 3.05) is 11.1 Å². The first kappa shape index (κ1) is 21.5. The van der Waals surface area contributed by atoms with Crippen molar-refractivity contribution in [2.24, 2.45) is 0 Å². The van der Waals surface area contributed by atoms with Gasteiger partial charge in [-0.2, -0.15) is 0 Å². The van der Waals surface area contributed by atoms with Crippen molar-refractivity contribution in [3.8, 4) is 11.1 Å². The van der Waals surface area contributed by atoms with Crippen molar-refractivity contribution >= 4 is 57.6 Å². The summed E-state index contributed by atoms with van der Waals surface area (Å²) in [5.41, 5.74) is 3.09. The Morgan fingerprint density at radius 2 is 1.97 bits per heavy atom. The third-order valence-electron chi connectivity index (χ3n) is 4.69. The van der Waals surface area contributed by atoms with Crippen molar-refractivity contribution in [3.63, 3.8) is 0 Å². The molecule has 0 radical (unpaired) electrons. The molecule has 1 amide bonds. The van der Waals surface area contributed by atoms with Crippen LogP contribution >= 0.6 is 35.0 Å². The molecule has 158 valence electrons. The minimum absolute atomic E-state index is 0.0614. The molecule has 6 nitrogen and oxygen atoms in total. The number of carbonyl (C=O) groups excluding carboxylic acids is 1. The number of fused-ring (bicyclic) bond motifs is 1. The molecular formula is C22H18Cl2N4O2S. The van der Waals surface area contributed by atoms with E-state index in [4.69, 9.17) is 28.2 Å². The van der Waals surface area contributed by atoms with Crippen molar-refractivity contribution in [1.29, 1.82) is 0 Å². The monoisotopic (exact) mass is 472 g/mol. The molecule has 31 heavy (non-hydrogen) atoms. The average Bonchev–Trinajstić information content (AvgIpc) is 3.20. The molecule has 4 aromatic rings. The fraction of sp³-hybridized carbons (Fsp3) is 0.136. The number of benzene rings is 2. The minimum Gasteiger partial charge on any atom is -0.355 e. The number of aromatic amines is 1. The summed E-state index contributed by atoms with van der Waals surface area (Å²) in [6.45, 7) is 2.30. The number of carbonyl (C=O) groups is 1. The van der Waals surface area contributed by atoms with Crippen LogP contribution in [0.3, 0.4) is 0 Å². The Morgan fingerprint density at radius 3 is 2.71 bits per heavy atom. The van der Waals surface area contributed by atoms with Gasteiger partial charge in [0.15, 0.2) is 5.16 Å². The molecule has 0 aliphatic heterocycles. The van der Waals surface area contributed by atoms with Gasteiger partial charge in [0.05, 0.1) is 16.5 Å². The molecular weight excluding hydrogens is 455 g/mol. The van der Waals surface area contributed by atoms with Crippen LogP contribution in [0.4, 0.5) is 5.69 Å². The summed E-state index contributed by atoms with van der Waals surface area (Å²) in [5.74, 6) is -0.213. The average molecular weight is 473 g/mol. The van der Waals surface area contributed by atoms with Gasteiger partial charge in [-0.15, -0.1) is 0 Å². The van der Waals surface area contributed by atoms with E-state index in [0.717, 1.165) is 11.1 Å². The van der Waals surface area contributed by atoms with Crippen LogP contribution in [-0.4, -0.2) is 26.2 Å². The Bertz CT molecular complexity index is 1320. The molecule has 0 fully saturated rings. The zero-order valence-electron chi connectivity index (χ0n) is 16.5. The topological polar surface area (TPSA) is 79.8 Å². The number of aromatic nitrogens is 3. The number of halogens is 2. The first-order valence-corrected chi connectivity index (χ1v) is 11.3. The summed E-state index contributed by atoms with van der Waals surface area (Å²) in [6, 6.07) is 14.6. The Kier molecular flexibility index (Phi) is 6.36. The molecule has 0 unspecified atom stereocenters. The van der Waals surface area contributed by atoms with E-state index in [1.807, 2.05) is 37.3 Å². The van der Waals surface area contributed by atoms with Gasteiger partial charge in [0.1, 0.15) is 11.0 Å². The predicted molar refractivity (Wildman–Crippen MR) is 127 cm³/mol. The van der Waals surface area contributed by atoms with Gasteiger partial charge in [-0.3, -0.25) is 14.2 Å². The standard InChI is InChI=1S/C22H18Cl2N4O2S/c1-2-28-21(30)20-19(15(11-25-20)13-6-4-3-5-7-13)27-22(28)31-12-18(29)26-17-10-14(23)8-9-16(17)24/h3-11,25H,2,12H2,1H3,(H,26,29). The maximum atomic E-state index is 13.0. The minimum atomic E-state index is -0.275. The fourth-order valence-electron chi connectivity index (χ4n) is 3.21. The largest absolute Gasteiger partial charge is 0.355 e. The van der Waals surface area contributed by atoms with Crippen LogP contribution in [-0.2, 0) is 11.3 Å². The van der Waals surface area contributed by atoms with E-state index in [2.05, 4.69) is 10.3 Å². The van der Waals surface area contributed by atoms with Crippen LogP contribution in [0.1, 0.15) is 6.92 Å². The predicted octanol–water partition coefficient (Wildman–Crippen LogP) is 5.45. The second-order valence-electron chi connectivity index (χ2n) is 6.70. The van der Waals surface area contributed by atoms with Crippen LogP contribution in [0, 0.1) is 0 Å². The first-order chi connectivity index (χ1) is 15.0. The maximum absolute atomic E-state index is 13.0. The highest BCUT2D eigenvalue weighted by Crippen LogP contribution is 2.28. The molecule has 2 aromatic heterocycles. The van der Waals surface area contributed by atoms with E-state index in [9.17, 15) is 9.59 Å². The molecule has 0 atom stereocenters. The van der Waals surface area contributed by atoms with Crippen LogP contribution in [0.2, 0.25) is 10.0 Å². The Morgan fingerprint density at radius 1 is 1.19 bits per heavy atom. The van der Waals surface area contributed by atoms with Gasteiger partial charge in [0.2, 0.25) is 5.91 Å². The summed E-state index contributed by atoms with van der Waals surface area (Å²) in [4.78, 5) is 33.2. The van der Waals surface area contributed by atoms with Crippen LogP contribution < -0.4 is 10.9 Å². The highest BCUT2D eigenvalue weighted by atomic mass is 35.5. The number of thioether (sulfide) groups is 1. The third-order valence-corrected chi connectivity index (χ3v) is 6.23. The van der Waals surface area contributed by atoms with E-state index in [-0.39, 0.29) is 17.2 Å². The van der Waals surface area contributed by atoms with Crippen molar-refractivity contribution in [3.05, 3.63) is 75.1 Å². The van der Waals surface area contributed by atoms with Gasteiger partial charge in [-0.1, -0.05) is 65.3 Å². The lowest BCUT2D eigenvalue weighted by molar-refractivity contribution is -0.113. The molecule has 9 heteroatoms. The molecule has 0 aliphatic rings. The molecule has 2 N–H and O–H groups in total. The highest BCUT2D eigenvalue weighted by Gasteiger charge is 2.17. The van der Waals surface area contributed by atoms with Gasteiger partial charge < -0.3 is 10.3 Å². The van der Waals surface area contributed by atoms with E-state index in [1.165, 1.54) is 11.8 Å². The zero-order chi connectivity index (χ0) is 22.0. The molecule has 2 heterocycles. The number of H-pyrrole nitrogens is 1. The summed E-state index contributed by atoms with van der Waals surface area (Å²) in [5, 5.41) is 4.09. The van der Waals surface area contributed by atoms with Gasteiger partial charge in [0.25, 0.3) is 5.56 Å². The lowest BCUT2D eigenvalue weighted by Gasteiger charge is -2.11. The molecule has 4 rings (SSSR count). The molecule has 0 saturated heterocycles. The lowest BCUT2D eigenvalue weighted by atomic mass is 10.1. The van der Waals surface area contributed by atoms with Crippen molar-refractivity contribution in [1.82, 2.24) is 14.5 Å². The number of hydrogen-bond donors (Lipinski definition) is 2. The van der Waals surface area contributed by atoms with Gasteiger partial charge in [-0.25, -0.2) is 4.98 Å². The summed E-state index contributed by atoms with van der Waals surface area (Å²) < 4.78 is 1.55. The molecule has 0 aliphatic carbocycles. The van der Waals surface area contributed by atoms with Crippen LogP contribution in [0.25, 0.3) is 22.2 Å². The molecule has 0 spiro atoms. The number of nitrogens with one attached hydrogen (secondary N) is 2. The number of rotatable bonds is 6. The zero-order valence-corrected chi connectivity index (χ0v) is 18.8. The molecule has 2 aromatic carbocycles. The van der Waals surface area contributed by atoms with E-state index >= 15 is 0 Å². The Labute approximate surface area is 192 Å². The number of hydrogen-bond acceptors (Lipinski definition) is 4. The van der Waals surface area contributed by atoms with Gasteiger partial charge in [0, 0.05) is 23.3 Å². The SMILES string of the molecule is CCn1c(SCC(=O)Nc2cc(Cl)ccc2Cl)nc2c(-c3ccccc3)c[nH]c2c1=O. The van der Waals surface area contributed by atoms with Crippen molar-refractivity contribution < 1.29 is 4.79 Å². The summed E-state index contributed by atoms with van der Waals surface area (Å²) in [6.07, 6.45) is 1.79. The second-order valence-corrected chi connectivity index (χ2v) is 8.48. The Balaban J connectivity index is 1.63. The number of amides is 1. The number of nitrogens with zero attached hydrogens (tertiary/aromatic N) is 2. The molecule has 0 bridgehead atoms. The lowest BCUT2D eigenvalue weighted by Crippen LogP contribution is -2.23. The first-order valence-electron chi connectivity index (χ1n) is 9.53. The van der Waals surface area contributed by atoms with E-state index < -0.39 is 0 Å². The van der Waals surface area contributed by atoms with Crippen LogP contribution in [0.15, 0.2) is 64.7 Å². The Hall–Kier alpha value is -2.74. The van der Waals surface area contributed by atoms with E-state index in [1.54, 1.807) is 29.0 Å². The summed E-state index contributed by atoms with van der Waals surface area (Å²) in [7, 11) is 0. The van der Waals surface area contributed by atoms with Gasteiger partial charge >= 0.3 is 0 Å². The fourth-order valence-corrected chi connectivity index (χ4v) is 4.40. The van der Waals surface area contributed by atoms with Crippen molar-refractivity contribution in [2.45, 2.75) is 18.6 Å². The third kappa shape index (κ3) is 4.49. The number of anilines is 1. The quantitative estimate of drug-likeness (QED) is 0.288. The van der Waals surface area contributed by atoms with Crippen LogP contribution in [0.5, 0.6) is 0 Å². The highest BCUT2D eigenvalue weighted by molar-refractivity contribution is 7.99. The van der Waals surface area contributed by atoms with Gasteiger partial charge in [-0.05, 0) is 30.7 Å². The normalized spacial score (nSPS) is 11.1. The molecule has 0 saturated carbocycles. The maximum Gasteiger partial charge on any atom is 0.278 e. The second kappa shape index (κ2) is 9.18. The van der Waals surface area contributed by atoms with E-state index in [0.29, 0.717) is 38.5 Å².